The van der Waals surface area contributed by atoms with Crippen molar-refractivity contribution in [2.45, 2.75) is 32.2 Å². The molecule has 0 bridgehead atoms. The van der Waals surface area contributed by atoms with Gasteiger partial charge in [-0.2, -0.15) is 0 Å². The average molecular weight is 310 g/mol. The predicted molar refractivity (Wildman–Crippen MR) is 77.4 cm³/mol. The summed E-state index contributed by atoms with van der Waals surface area (Å²) in [4.78, 5) is 14.2. The Kier molecular flexibility index (Phi) is 4.95. The van der Waals surface area contributed by atoms with Crippen LogP contribution in [0.5, 0.6) is 0 Å². The molecule has 0 unspecified atom stereocenters. The Hall–Kier alpha value is -0.670. The molecular formula is C15H20BrNO. The molecule has 1 aromatic carbocycles. The van der Waals surface area contributed by atoms with E-state index in [1.807, 2.05) is 19.2 Å². The molecule has 0 heterocycles. The standard InChI is InChI=1S/C15H20BrNO/c1-17(10-12-5-4-8-14(16)9-12)11-15(18)13-6-2-3-7-13/h4-5,8-9,13H,2-3,6-7,10-11H2,1H3. The molecule has 0 amide bonds. The molecule has 1 aromatic rings. The van der Waals surface area contributed by atoms with E-state index in [2.05, 4.69) is 33.0 Å². The highest BCUT2D eigenvalue weighted by Gasteiger charge is 2.23. The van der Waals surface area contributed by atoms with E-state index in [9.17, 15) is 4.79 Å². The average Bonchev–Trinajstić information content (AvgIpc) is 2.81. The van der Waals surface area contributed by atoms with Gasteiger partial charge in [-0.1, -0.05) is 40.9 Å². The van der Waals surface area contributed by atoms with Crippen molar-refractivity contribution in [3.63, 3.8) is 0 Å². The second kappa shape index (κ2) is 6.48. The minimum Gasteiger partial charge on any atom is -0.298 e. The van der Waals surface area contributed by atoms with Gasteiger partial charge in [0, 0.05) is 16.9 Å². The molecule has 0 atom stereocenters. The maximum atomic E-state index is 12.1. The summed E-state index contributed by atoms with van der Waals surface area (Å²) in [7, 11) is 2.02. The summed E-state index contributed by atoms with van der Waals surface area (Å²) in [5, 5.41) is 0. The van der Waals surface area contributed by atoms with Gasteiger partial charge in [0.2, 0.25) is 0 Å². The second-order valence-electron chi connectivity index (χ2n) is 5.25. The van der Waals surface area contributed by atoms with Gasteiger partial charge in [0.05, 0.1) is 6.54 Å². The third kappa shape index (κ3) is 3.92. The first-order chi connectivity index (χ1) is 8.65. The third-order valence-electron chi connectivity index (χ3n) is 3.58. The molecule has 1 saturated carbocycles. The first-order valence-corrected chi connectivity index (χ1v) is 7.40. The van der Waals surface area contributed by atoms with Crippen molar-refractivity contribution in [1.29, 1.82) is 0 Å². The number of hydrogen-bond acceptors (Lipinski definition) is 2. The van der Waals surface area contributed by atoms with Crippen LogP contribution in [0.4, 0.5) is 0 Å². The Balaban J connectivity index is 1.84. The lowest BCUT2D eigenvalue weighted by molar-refractivity contribution is -0.123. The van der Waals surface area contributed by atoms with Crippen LogP contribution in [0.25, 0.3) is 0 Å². The molecule has 0 spiro atoms. The van der Waals surface area contributed by atoms with E-state index in [1.54, 1.807) is 0 Å². The molecule has 1 aliphatic rings. The Morgan fingerprint density at radius 2 is 2.11 bits per heavy atom. The van der Waals surface area contributed by atoms with Crippen molar-refractivity contribution in [3.05, 3.63) is 34.3 Å². The number of benzene rings is 1. The molecule has 0 aromatic heterocycles. The van der Waals surface area contributed by atoms with Gasteiger partial charge in [-0.15, -0.1) is 0 Å². The number of carbonyl (C=O) groups is 1. The minimum atomic E-state index is 0.329. The van der Waals surface area contributed by atoms with Gasteiger partial charge >= 0.3 is 0 Å². The SMILES string of the molecule is CN(CC(=O)C1CCCC1)Cc1cccc(Br)c1. The van der Waals surface area contributed by atoms with Crippen molar-refractivity contribution in [3.8, 4) is 0 Å². The predicted octanol–water partition coefficient (Wildman–Crippen LogP) is 3.64. The van der Waals surface area contributed by atoms with E-state index in [0.717, 1.165) is 23.9 Å². The largest absolute Gasteiger partial charge is 0.298 e. The lowest BCUT2D eigenvalue weighted by atomic mass is 10.0. The van der Waals surface area contributed by atoms with Crippen LogP contribution in [0, 0.1) is 5.92 Å². The van der Waals surface area contributed by atoms with E-state index in [1.165, 1.54) is 18.4 Å². The van der Waals surface area contributed by atoms with Gasteiger partial charge in [0.1, 0.15) is 5.78 Å². The number of nitrogens with zero attached hydrogens (tertiary/aromatic N) is 1. The van der Waals surface area contributed by atoms with E-state index in [4.69, 9.17) is 0 Å². The van der Waals surface area contributed by atoms with Crippen molar-refractivity contribution >= 4 is 21.7 Å². The van der Waals surface area contributed by atoms with Gasteiger partial charge in [0.15, 0.2) is 0 Å². The van der Waals surface area contributed by atoms with Crippen LogP contribution >= 0.6 is 15.9 Å². The topological polar surface area (TPSA) is 20.3 Å². The molecule has 18 heavy (non-hydrogen) atoms. The number of carbonyl (C=O) groups excluding carboxylic acids is 1. The number of likely N-dealkylation sites (N-methyl/N-ethyl adjacent to an activating group) is 1. The quantitative estimate of drug-likeness (QED) is 0.827. The molecule has 0 N–H and O–H groups in total. The molecular weight excluding hydrogens is 290 g/mol. The van der Waals surface area contributed by atoms with Crippen molar-refractivity contribution in [2.24, 2.45) is 5.92 Å². The lowest BCUT2D eigenvalue weighted by Gasteiger charge is -2.18. The fourth-order valence-corrected chi connectivity index (χ4v) is 3.09. The molecule has 0 radical (unpaired) electrons. The van der Waals surface area contributed by atoms with Crippen LogP contribution in [-0.4, -0.2) is 24.3 Å². The third-order valence-corrected chi connectivity index (χ3v) is 4.07. The minimum absolute atomic E-state index is 0.329. The number of rotatable bonds is 5. The molecule has 3 heteroatoms. The van der Waals surface area contributed by atoms with E-state index >= 15 is 0 Å². The fraction of sp³-hybridized carbons (Fsp3) is 0.533. The second-order valence-corrected chi connectivity index (χ2v) is 6.17. The Morgan fingerprint density at radius 3 is 2.78 bits per heavy atom. The Labute approximate surface area is 117 Å². The Morgan fingerprint density at radius 1 is 1.39 bits per heavy atom. The van der Waals surface area contributed by atoms with Gasteiger partial charge in [-0.25, -0.2) is 0 Å². The summed E-state index contributed by atoms with van der Waals surface area (Å²) in [5.41, 5.74) is 1.24. The smallest absolute Gasteiger partial charge is 0.149 e. The maximum Gasteiger partial charge on any atom is 0.149 e. The van der Waals surface area contributed by atoms with Gasteiger partial charge < -0.3 is 0 Å². The first kappa shape index (κ1) is 13.8. The van der Waals surface area contributed by atoms with Crippen molar-refractivity contribution < 1.29 is 4.79 Å². The van der Waals surface area contributed by atoms with Crippen LogP contribution in [0.1, 0.15) is 31.2 Å². The molecule has 1 fully saturated rings. The highest BCUT2D eigenvalue weighted by atomic mass is 79.9. The number of Topliss-reactive ketones (excluding diaryl/α,β-unsaturated/α-hetero) is 1. The van der Waals surface area contributed by atoms with E-state index < -0.39 is 0 Å². The molecule has 98 valence electrons. The van der Waals surface area contributed by atoms with Gasteiger partial charge in [0.25, 0.3) is 0 Å². The van der Waals surface area contributed by atoms with Gasteiger partial charge in [-0.05, 0) is 37.6 Å². The fourth-order valence-electron chi connectivity index (χ4n) is 2.65. The highest BCUT2D eigenvalue weighted by molar-refractivity contribution is 9.10. The monoisotopic (exact) mass is 309 g/mol. The van der Waals surface area contributed by atoms with Crippen molar-refractivity contribution in [2.75, 3.05) is 13.6 Å². The molecule has 0 aliphatic heterocycles. The van der Waals surface area contributed by atoms with Gasteiger partial charge in [-0.3, -0.25) is 9.69 Å². The summed E-state index contributed by atoms with van der Waals surface area (Å²) in [6.07, 6.45) is 4.66. The van der Waals surface area contributed by atoms with Crippen LogP contribution in [-0.2, 0) is 11.3 Å². The van der Waals surface area contributed by atoms with E-state index in [0.29, 0.717) is 18.2 Å². The zero-order valence-corrected chi connectivity index (χ0v) is 12.4. The Bertz CT molecular complexity index is 413. The van der Waals surface area contributed by atoms with E-state index in [-0.39, 0.29) is 0 Å². The number of ketones is 1. The summed E-state index contributed by atoms with van der Waals surface area (Å²) >= 11 is 3.47. The zero-order valence-electron chi connectivity index (χ0n) is 10.9. The summed E-state index contributed by atoms with van der Waals surface area (Å²) < 4.78 is 1.09. The zero-order chi connectivity index (χ0) is 13.0. The number of halogens is 1. The van der Waals surface area contributed by atoms with Crippen LogP contribution < -0.4 is 0 Å². The van der Waals surface area contributed by atoms with Crippen LogP contribution in [0.2, 0.25) is 0 Å². The van der Waals surface area contributed by atoms with Crippen LogP contribution in [0.3, 0.4) is 0 Å². The van der Waals surface area contributed by atoms with Crippen molar-refractivity contribution in [1.82, 2.24) is 4.90 Å². The molecule has 1 aliphatic carbocycles. The first-order valence-electron chi connectivity index (χ1n) is 6.61. The number of hydrogen-bond donors (Lipinski definition) is 0. The molecule has 2 rings (SSSR count). The summed E-state index contributed by atoms with van der Waals surface area (Å²) in [6.45, 7) is 1.41. The molecule has 2 nitrogen and oxygen atoms in total. The van der Waals surface area contributed by atoms with Crippen LogP contribution in [0.15, 0.2) is 28.7 Å². The summed E-state index contributed by atoms with van der Waals surface area (Å²) in [5.74, 6) is 0.750. The molecule has 0 saturated heterocycles. The maximum absolute atomic E-state index is 12.1. The normalized spacial score (nSPS) is 16.4. The highest BCUT2D eigenvalue weighted by Crippen LogP contribution is 2.25. The summed E-state index contributed by atoms with van der Waals surface area (Å²) in [6, 6.07) is 8.26. The lowest BCUT2D eigenvalue weighted by Crippen LogP contribution is -2.29.